The highest BCUT2D eigenvalue weighted by molar-refractivity contribution is 7.89. The Balaban J connectivity index is 2.88. The average molecular weight is 356 g/mol. The molecule has 0 spiro atoms. The van der Waals surface area contributed by atoms with Gasteiger partial charge in [-0.15, -0.1) is 0 Å². The number of benzene rings is 1. The molecule has 0 aliphatic rings. The maximum Gasteiger partial charge on any atom is 0.326 e. The van der Waals surface area contributed by atoms with Crippen molar-refractivity contribution in [3.05, 3.63) is 29.8 Å². The highest BCUT2D eigenvalue weighted by atomic mass is 32.2. The van der Waals surface area contributed by atoms with E-state index in [1.165, 1.54) is 24.3 Å². The van der Waals surface area contributed by atoms with Crippen LogP contribution in [-0.4, -0.2) is 37.5 Å². The van der Waals surface area contributed by atoms with E-state index in [2.05, 4.69) is 10.0 Å². The number of amides is 1. The van der Waals surface area contributed by atoms with Crippen LogP contribution in [0.2, 0.25) is 0 Å². The highest BCUT2D eigenvalue weighted by Gasteiger charge is 2.22. The van der Waals surface area contributed by atoms with Crippen molar-refractivity contribution >= 4 is 21.9 Å². The Morgan fingerprint density at radius 2 is 1.62 bits per heavy atom. The van der Waals surface area contributed by atoms with E-state index in [1.807, 2.05) is 13.8 Å². The summed E-state index contributed by atoms with van der Waals surface area (Å²) in [7, 11) is -3.63. The number of carbonyl (C=O) groups excluding carboxylic acids is 1. The Labute approximate surface area is 142 Å². The van der Waals surface area contributed by atoms with Gasteiger partial charge in [-0.3, -0.25) is 4.79 Å². The number of rotatable bonds is 8. The lowest BCUT2D eigenvalue weighted by Crippen LogP contribution is -2.41. The predicted molar refractivity (Wildman–Crippen MR) is 90.2 cm³/mol. The normalized spacial score (nSPS) is 13.1. The standard InChI is InChI=1S/C16H24N2O5S/c1-10(2)9-14(16(20)21)17-15(19)12-5-7-13(8-6-12)24(22,23)18-11(3)4/h5-8,10-11,14,18H,9H2,1-4H3,(H,17,19)(H,20,21)/t14-/m0/s1. The molecular formula is C16H24N2O5S. The fourth-order valence-corrected chi connectivity index (χ4v) is 3.35. The van der Waals surface area contributed by atoms with Gasteiger partial charge in [0, 0.05) is 11.6 Å². The molecule has 1 atom stereocenters. The number of sulfonamides is 1. The maximum atomic E-state index is 12.1. The minimum atomic E-state index is -3.63. The van der Waals surface area contributed by atoms with E-state index in [0.29, 0.717) is 6.42 Å². The van der Waals surface area contributed by atoms with E-state index in [-0.39, 0.29) is 22.4 Å². The Kier molecular flexibility index (Phi) is 6.92. The van der Waals surface area contributed by atoms with E-state index in [4.69, 9.17) is 5.11 Å². The first kappa shape index (κ1) is 20.1. The summed E-state index contributed by atoms with van der Waals surface area (Å²) in [5.41, 5.74) is 0.202. The molecule has 3 N–H and O–H groups in total. The van der Waals surface area contributed by atoms with Crippen molar-refractivity contribution < 1.29 is 23.1 Å². The summed E-state index contributed by atoms with van der Waals surface area (Å²) in [4.78, 5) is 23.4. The Morgan fingerprint density at radius 1 is 1.08 bits per heavy atom. The van der Waals surface area contributed by atoms with E-state index >= 15 is 0 Å². The third kappa shape index (κ3) is 5.93. The van der Waals surface area contributed by atoms with Crippen LogP contribution in [0.15, 0.2) is 29.2 Å². The number of carboxylic acid groups (broad SMARTS) is 1. The lowest BCUT2D eigenvalue weighted by molar-refractivity contribution is -0.139. The molecule has 0 saturated heterocycles. The predicted octanol–water partition coefficient (Wildman–Crippen LogP) is 1.60. The molecule has 0 aliphatic heterocycles. The summed E-state index contributed by atoms with van der Waals surface area (Å²) in [6, 6.07) is 4.13. The van der Waals surface area contributed by atoms with Crippen LogP contribution in [0.4, 0.5) is 0 Å². The van der Waals surface area contributed by atoms with Gasteiger partial charge < -0.3 is 10.4 Å². The van der Waals surface area contributed by atoms with Crippen molar-refractivity contribution in [2.45, 2.75) is 51.1 Å². The van der Waals surface area contributed by atoms with Gasteiger partial charge in [0.25, 0.3) is 5.91 Å². The summed E-state index contributed by atoms with van der Waals surface area (Å²) < 4.78 is 26.5. The summed E-state index contributed by atoms with van der Waals surface area (Å²) in [6.07, 6.45) is 0.311. The van der Waals surface area contributed by atoms with Crippen LogP contribution in [0.1, 0.15) is 44.5 Å². The summed E-state index contributed by atoms with van der Waals surface area (Å²) in [5, 5.41) is 11.6. The third-order valence-corrected chi connectivity index (χ3v) is 4.80. The van der Waals surface area contributed by atoms with Gasteiger partial charge in [0.15, 0.2) is 0 Å². The van der Waals surface area contributed by atoms with Crippen molar-refractivity contribution in [1.82, 2.24) is 10.0 Å². The van der Waals surface area contributed by atoms with Gasteiger partial charge in [-0.05, 0) is 50.5 Å². The minimum Gasteiger partial charge on any atom is -0.480 e. The largest absolute Gasteiger partial charge is 0.480 e. The molecule has 1 amide bonds. The van der Waals surface area contributed by atoms with Crippen molar-refractivity contribution in [3.63, 3.8) is 0 Å². The maximum absolute atomic E-state index is 12.1. The lowest BCUT2D eigenvalue weighted by atomic mass is 10.0. The lowest BCUT2D eigenvalue weighted by Gasteiger charge is -2.16. The topological polar surface area (TPSA) is 113 Å². The number of hydrogen-bond donors (Lipinski definition) is 3. The summed E-state index contributed by atoms with van der Waals surface area (Å²) >= 11 is 0. The van der Waals surface area contributed by atoms with Crippen molar-refractivity contribution in [2.24, 2.45) is 5.92 Å². The first-order valence-electron chi connectivity index (χ1n) is 7.69. The zero-order chi connectivity index (χ0) is 18.5. The zero-order valence-electron chi connectivity index (χ0n) is 14.2. The molecule has 1 rings (SSSR count). The van der Waals surface area contributed by atoms with E-state index < -0.39 is 27.9 Å². The van der Waals surface area contributed by atoms with Gasteiger partial charge in [0.1, 0.15) is 6.04 Å². The fourth-order valence-electron chi connectivity index (χ4n) is 2.10. The molecule has 0 aromatic heterocycles. The smallest absolute Gasteiger partial charge is 0.326 e. The molecule has 24 heavy (non-hydrogen) atoms. The molecule has 0 saturated carbocycles. The molecule has 8 heteroatoms. The van der Waals surface area contributed by atoms with E-state index in [1.54, 1.807) is 13.8 Å². The third-order valence-electron chi connectivity index (χ3n) is 3.13. The van der Waals surface area contributed by atoms with Gasteiger partial charge >= 0.3 is 5.97 Å². The van der Waals surface area contributed by atoms with Crippen LogP contribution >= 0.6 is 0 Å². The second-order valence-electron chi connectivity index (χ2n) is 6.29. The number of aliphatic carboxylic acids is 1. The van der Waals surface area contributed by atoms with Crippen LogP contribution < -0.4 is 10.0 Å². The molecule has 7 nitrogen and oxygen atoms in total. The van der Waals surface area contributed by atoms with Gasteiger partial charge in [-0.25, -0.2) is 17.9 Å². The van der Waals surface area contributed by atoms with Crippen LogP contribution in [0.3, 0.4) is 0 Å². The molecule has 1 aromatic rings. The van der Waals surface area contributed by atoms with Crippen LogP contribution in [0, 0.1) is 5.92 Å². The molecule has 0 bridgehead atoms. The van der Waals surface area contributed by atoms with Crippen molar-refractivity contribution in [2.75, 3.05) is 0 Å². The zero-order valence-corrected chi connectivity index (χ0v) is 15.1. The molecule has 0 heterocycles. The van der Waals surface area contributed by atoms with Gasteiger partial charge in [0.2, 0.25) is 10.0 Å². The Hall–Kier alpha value is -1.93. The van der Waals surface area contributed by atoms with Crippen molar-refractivity contribution in [3.8, 4) is 0 Å². The Morgan fingerprint density at radius 3 is 2.04 bits per heavy atom. The fraction of sp³-hybridized carbons (Fsp3) is 0.500. The first-order chi connectivity index (χ1) is 11.0. The molecule has 0 aliphatic carbocycles. The van der Waals surface area contributed by atoms with Crippen molar-refractivity contribution in [1.29, 1.82) is 0 Å². The highest BCUT2D eigenvalue weighted by Crippen LogP contribution is 2.12. The van der Waals surface area contributed by atoms with Crippen LogP contribution in [0.25, 0.3) is 0 Å². The van der Waals surface area contributed by atoms with Gasteiger partial charge in [0.05, 0.1) is 4.90 Å². The van der Waals surface area contributed by atoms with Gasteiger partial charge in [-0.1, -0.05) is 13.8 Å². The van der Waals surface area contributed by atoms with Crippen LogP contribution in [-0.2, 0) is 14.8 Å². The molecule has 0 radical (unpaired) electrons. The second kappa shape index (κ2) is 8.25. The molecule has 134 valence electrons. The number of nitrogens with one attached hydrogen (secondary N) is 2. The summed E-state index contributed by atoms with van der Waals surface area (Å²) in [5.74, 6) is -1.54. The number of carboxylic acids is 1. The van der Waals surface area contributed by atoms with E-state index in [9.17, 15) is 18.0 Å². The Bertz CT molecular complexity index is 681. The second-order valence-corrected chi connectivity index (χ2v) is 8.01. The van der Waals surface area contributed by atoms with Crippen LogP contribution in [0.5, 0.6) is 0 Å². The minimum absolute atomic E-state index is 0.0460. The molecule has 1 aromatic carbocycles. The SMILES string of the molecule is CC(C)C[C@H](NC(=O)c1ccc(S(=O)(=O)NC(C)C)cc1)C(=O)O. The number of carbonyl (C=O) groups is 2. The monoisotopic (exact) mass is 356 g/mol. The first-order valence-corrected chi connectivity index (χ1v) is 9.17. The number of hydrogen-bond acceptors (Lipinski definition) is 4. The molecule has 0 fully saturated rings. The average Bonchev–Trinajstić information content (AvgIpc) is 2.44. The van der Waals surface area contributed by atoms with E-state index in [0.717, 1.165) is 0 Å². The summed E-state index contributed by atoms with van der Waals surface area (Å²) in [6.45, 7) is 7.15. The molecule has 0 unspecified atom stereocenters. The molecular weight excluding hydrogens is 332 g/mol. The van der Waals surface area contributed by atoms with Gasteiger partial charge in [-0.2, -0.15) is 0 Å². The quantitative estimate of drug-likeness (QED) is 0.655.